The van der Waals surface area contributed by atoms with Gasteiger partial charge in [-0.3, -0.25) is 4.99 Å². The van der Waals surface area contributed by atoms with Gasteiger partial charge in [0.2, 0.25) is 0 Å². The second kappa shape index (κ2) is 9.83. The van der Waals surface area contributed by atoms with E-state index in [2.05, 4.69) is 36.1 Å². The van der Waals surface area contributed by atoms with Gasteiger partial charge < -0.3 is 16.0 Å². The fourth-order valence-corrected chi connectivity index (χ4v) is 2.37. The van der Waals surface area contributed by atoms with E-state index in [1.807, 2.05) is 0 Å². The van der Waals surface area contributed by atoms with Crippen LogP contribution in [0.3, 0.4) is 0 Å². The molecule has 18 heavy (non-hydrogen) atoms. The number of nitrogens with one attached hydrogen (secondary N) is 1. The average Bonchev–Trinajstić information content (AvgIpc) is 2.29. The van der Waals surface area contributed by atoms with Crippen LogP contribution < -0.4 is 11.1 Å². The van der Waals surface area contributed by atoms with Crippen molar-refractivity contribution in [2.24, 2.45) is 10.7 Å². The summed E-state index contributed by atoms with van der Waals surface area (Å²) in [6.07, 6.45) is 6.87. The molecule has 1 aliphatic carbocycles. The van der Waals surface area contributed by atoms with Crippen LogP contribution in [0.2, 0.25) is 0 Å². The standard InChI is InChI=1S/C13H28N4.HI/c1-11(2)16-13(14)15-9-10-17(3)12-7-5-4-6-8-12;/h11-12H,4-10H2,1-3H3,(H3,14,15,16);1H. The van der Waals surface area contributed by atoms with Crippen LogP contribution in [0.15, 0.2) is 4.99 Å². The summed E-state index contributed by atoms with van der Waals surface area (Å²) in [5, 5.41) is 3.11. The first-order valence-corrected chi connectivity index (χ1v) is 6.86. The maximum atomic E-state index is 5.76. The summed E-state index contributed by atoms with van der Waals surface area (Å²) in [6.45, 7) is 5.93. The van der Waals surface area contributed by atoms with Crippen molar-refractivity contribution in [2.45, 2.75) is 58.0 Å². The molecule has 0 saturated heterocycles. The topological polar surface area (TPSA) is 53.6 Å². The third kappa shape index (κ3) is 7.41. The van der Waals surface area contributed by atoms with Gasteiger partial charge in [-0.15, -0.1) is 24.0 Å². The van der Waals surface area contributed by atoms with E-state index in [4.69, 9.17) is 5.73 Å². The third-order valence-corrected chi connectivity index (χ3v) is 3.37. The van der Waals surface area contributed by atoms with Crippen LogP contribution in [0.1, 0.15) is 46.0 Å². The van der Waals surface area contributed by atoms with E-state index in [9.17, 15) is 0 Å². The molecule has 0 aromatic rings. The predicted molar refractivity (Wildman–Crippen MR) is 89.7 cm³/mol. The van der Waals surface area contributed by atoms with Gasteiger partial charge in [0.05, 0.1) is 6.54 Å². The highest BCUT2D eigenvalue weighted by molar-refractivity contribution is 14.0. The van der Waals surface area contributed by atoms with Gasteiger partial charge in [0.1, 0.15) is 0 Å². The molecular formula is C13H29IN4. The van der Waals surface area contributed by atoms with Gasteiger partial charge in [-0.05, 0) is 33.7 Å². The second-order valence-electron chi connectivity index (χ2n) is 5.34. The number of nitrogens with two attached hydrogens (primary N) is 1. The summed E-state index contributed by atoms with van der Waals surface area (Å²) < 4.78 is 0. The monoisotopic (exact) mass is 368 g/mol. The quantitative estimate of drug-likeness (QED) is 0.444. The first kappa shape index (κ1) is 18.0. The summed E-state index contributed by atoms with van der Waals surface area (Å²) in [5.41, 5.74) is 5.76. The molecule has 1 saturated carbocycles. The summed E-state index contributed by atoms with van der Waals surface area (Å²) in [4.78, 5) is 6.78. The fraction of sp³-hybridized carbons (Fsp3) is 0.923. The molecule has 0 bridgehead atoms. The molecule has 1 aliphatic rings. The highest BCUT2D eigenvalue weighted by atomic mass is 127. The Morgan fingerprint density at radius 1 is 1.33 bits per heavy atom. The first-order chi connectivity index (χ1) is 8.09. The van der Waals surface area contributed by atoms with Crippen LogP contribution in [0.5, 0.6) is 0 Å². The second-order valence-corrected chi connectivity index (χ2v) is 5.34. The van der Waals surface area contributed by atoms with E-state index in [1.165, 1.54) is 32.1 Å². The van der Waals surface area contributed by atoms with Crippen LogP contribution in [0.25, 0.3) is 0 Å². The fourth-order valence-electron chi connectivity index (χ4n) is 2.37. The lowest BCUT2D eigenvalue weighted by molar-refractivity contribution is 0.196. The third-order valence-electron chi connectivity index (χ3n) is 3.37. The minimum absolute atomic E-state index is 0. The summed E-state index contributed by atoms with van der Waals surface area (Å²) in [6, 6.07) is 1.12. The van der Waals surface area contributed by atoms with Gasteiger partial charge in [0.25, 0.3) is 0 Å². The zero-order valence-corrected chi connectivity index (χ0v) is 14.3. The Hall–Kier alpha value is -0.0400. The highest BCUT2D eigenvalue weighted by Gasteiger charge is 2.17. The molecule has 1 rings (SSSR count). The summed E-state index contributed by atoms with van der Waals surface area (Å²) in [7, 11) is 2.21. The molecule has 0 amide bonds. The van der Waals surface area contributed by atoms with Crippen LogP contribution in [0.4, 0.5) is 0 Å². The molecule has 0 spiro atoms. The molecule has 4 nitrogen and oxygen atoms in total. The number of guanidine groups is 1. The number of rotatable bonds is 5. The van der Waals surface area contributed by atoms with Gasteiger partial charge >= 0.3 is 0 Å². The van der Waals surface area contributed by atoms with Crippen LogP contribution in [0, 0.1) is 0 Å². The lowest BCUT2D eigenvalue weighted by atomic mass is 9.94. The molecule has 108 valence electrons. The Labute approximate surface area is 129 Å². The van der Waals surface area contributed by atoms with Crippen LogP contribution >= 0.6 is 24.0 Å². The van der Waals surface area contributed by atoms with Crippen molar-refractivity contribution in [2.75, 3.05) is 20.1 Å². The minimum Gasteiger partial charge on any atom is -0.370 e. The van der Waals surface area contributed by atoms with Crippen molar-refractivity contribution in [1.82, 2.24) is 10.2 Å². The molecular weight excluding hydrogens is 339 g/mol. The van der Waals surface area contributed by atoms with Crippen molar-refractivity contribution in [3.05, 3.63) is 0 Å². The number of likely N-dealkylation sites (N-methyl/N-ethyl adjacent to an activating group) is 1. The summed E-state index contributed by atoms with van der Waals surface area (Å²) in [5.74, 6) is 0.567. The number of hydrogen-bond donors (Lipinski definition) is 2. The number of nitrogens with zero attached hydrogens (tertiary/aromatic N) is 2. The zero-order valence-electron chi connectivity index (χ0n) is 12.0. The van der Waals surface area contributed by atoms with Crippen LogP contribution in [-0.4, -0.2) is 43.1 Å². The maximum Gasteiger partial charge on any atom is 0.188 e. The largest absolute Gasteiger partial charge is 0.370 e. The van der Waals surface area contributed by atoms with E-state index in [1.54, 1.807) is 0 Å². The molecule has 3 N–H and O–H groups in total. The molecule has 0 atom stereocenters. The Bertz CT molecular complexity index is 237. The zero-order chi connectivity index (χ0) is 12.7. The SMILES string of the molecule is CC(C)NC(N)=NCCN(C)C1CCCCC1.I. The Kier molecular flexibility index (Phi) is 9.81. The lowest BCUT2D eigenvalue weighted by Crippen LogP contribution is -2.38. The maximum absolute atomic E-state index is 5.76. The Morgan fingerprint density at radius 3 is 2.50 bits per heavy atom. The molecule has 0 unspecified atom stereocenters. The van der Waals surface area contributed by atoms with Crippen molar-refractivity contribution < 1.29 is 0 Å². The smallest absolute Gasteiger partial charge is 0.188 e. The number of halogens is 1. The Morgan fingerprint density at radius 2 is 1.94 bits per heavy atom. The molecule has 0 heterocycles. The van der Waals surface area contributed by atoms with Crippen molar-refractivity contribution in [3.63, 3.8) is 0 Å². The average molecular weight is 368 g/mol. The van der Waals surface area contributed by atoms with Gasteiger partial charge in [0, 0.05) is 18.6 Å². The van der Waals surface area contributed by atoms with Crippen molar-refractivity contribution >= 4 is 29.9 Å². The van der Waals surface area contributed by atoms with Gasteiger partial charge in [0.15, 0.2) is 5.96 Å². The lowest BCUT2D eigenvalue weighted by Gasteiger charge is -2.30. The van der Waals surface area contributed by atoms with E-state index in [-0.39, 0.29) is 24.0 Å². The van der Waals surface area contributed by atoms with Crippen LogP contribution in [-0.2, 0) is 0 Å². The molecule has 0 aliphatic heterocycles. The van der Waals surface area contributed by atoms with E-state index in [0.717, 1.165) is 19.1 Å². The Balaban J connectivity index is 0.00000289. The minimum atomic E-state index is 0. The van der Waals surface area contributed by atoms with Gasteiger partial charge in [-0.25, -0.2) is 0 Å². The molecule has 5 heteroatoms. The molecule has 0 radical (unpaired) electrons. The normalized spacial score (nSPS) is 17.9. The first-order valence-electron chi connectivity index (χ1n) is 6.86. The summed E-state index contributed by atoms with van der Waals surface area (Å²) >= 11 is 0. The van der Waals surface area contributed by atoms with Crippen molar-refractivity contribution in [3.8, 4) is 0 Å². The van der Waals surface area contributed by atoms with E-state index >= 15 is 0 Å². The number of aliphatic imine (C=N–C) groups is 1. The van der Waals surface area contributed by atoms with Gasteiger partial charge in [-0.2, -0.15) is 0 Å². The van der Waals surface area contributed by atoms with E-state index < -0.39 is 0 Å². The van der Waals surface area contributed by atoms with Crippen molar-refractivity contribution in [1.29, 1.82) is 0 Å². The molecule has 0 aromatic carbocycles. The van der Waals surface area contributed by atoms with Gasteiger partial charge in [-0.1, -0.05) is 19.3 Å². The molecule has 0 aromatic heterocycles. The number of hydrogen-bond acceptors (Lipinski definition) is 2. The predicted octanol–water partition coefficient (Wildman–Crippen LogP) is 2.18. The van der Waals surface area contributed by atoms with E-state index in [0.29, 0.717) is 12.0 Å². The molecule has 1 fully saturated rings. The highest BCUT2D eigenvalue weighted by Crippen LogP contribution is 2.21.